The van der Waals surface area contributed by atoms with Crippen molar-refractivity contribution in [2.75, 3.05) is 33.6 Å². The van der Waals surface area contributed by atoms with E-state index in [1.54, 1.807) is 13.0 Å². The molecule has 1 aliphatic heterocycles. The molecule has 7 nitrogen and oxygen atoms in total. The molecule has 0 radical (unpaired) electrons. The zero-order chi connectivity index (χ0) is 20.9. The van der Waals surface area contributed by atoms with E-state index < -0.39 is 0 Å². The number of aromatic nitrogens is 1. The summed E-state index contributed by atoms with van der Waals surface area (Å²) in [5, 5.41) is 9.34. The first-order chi connectivity index (χ1) is 14.6. The lowest BCUT2D eigenvalue weighted by molar-refractivity contribution is -0.114. The Morgan fingerprint density at radius 3 is 2.50 bits per heavy atom. The number of carbonyl (C=O) groups is 2. The molecule has 0 unspecified atom stereocenters. The number of carbonyl (C=O) groups excluding carboxylic acids is 2. The van der Waals surface area contributed by atoms with E-state index in [-0.39, 0.29) is 23.3 Å². The standard InChI is InChI=1S/C22H22N4O3S/c1-15-12-20(25-29-15)24-22(28)14-30-13-21(27)23-17-7-3-5-9-19(17)26-11-10-16-6-2-4-8-18(16)26/h2-9,12H,10-11,13-14H2,1H3,(H,23,27)(H,24,25,28). The quantitative estimate of drug-likeness (QED) is 0.599. The Hall–Kier alpha value is -3.26. The number of amides is 2. The van der Waals surface area contributed by atoms with Gasteiger partial charge in [-0.15, -0.1) is 11.8 Å². The predicted octanol–water partition coefficient (Wildman–Crippen LogP) is 3.99. The van der Waals surface area contributed by atoms with E-state index in [2.05, 4.69) is 32.8 Å². The molecule has 154 valence electrons. The molecule has 2 aromatic carbocycles. The first-order valence-corrected chi connectivity index (χ1v) is 10.8. The van der Waals surface area contributed by atoms with Gasteiger partial charge in [0.1, 0.15) is 5.76 Å². The topological polar surface area (TPSA) is 87.5 Å². The van der Waals surface area contributed by atoms with Gasteiger partial charge < -0.3 is 20.1 Å². The second kappa shape index (κ2) is 9.04. The number of nitrogens with one attached hydrogen (secondary N) is 2. The fourth-order valence-corrected chi connectivity index (χ4v) is 4.05. The van der Waals surface area contributed by atoms with Crippen molar-refractivity contribution in [3.63, 3.8) is 0 Å². The molecule has 8 heteroatoms. The van der Waals surface area contributed by atoms with Crippen molar-refractivity contribution < 1.29 is 14.1 Å². The molecular weight excluding hydrogens is 400 g/mol. The van der Waals surface area contributed by atoms with Crippen molar-refractivity contribution >= 4 is 46.5 Å². The average molecular weight is 423 g/mol. The summed E-state index contributed by atoms with van der Waals surface area (Å²) >= 11 is 1.25. The molecule has 0 atom stereocenters. The van der Waals surface area contributed by atoms with Crippen LogP contribution < -0.4 is 15.5 Å². The molecule has 1 aliphatic rings. The van der Waals surface area contributed by atoms with Crippen LogP contribution in [0.3, 0.4) is 0 Å². The zero-order valence-corrected chi connectivity index (χ0v) is 17.4. The minimum Gasteiger partial charge on any atom is -0.360 e. The van der Waals surface area contributed by atoms with Crippen molar-refractivity contribution in [3.8, 4) is 0 Å². The van der Waals surface area contributed by atoms with E-state index >= 15 is 0 Å². The molecule has 4 rings (SSSR count). The summed E-state index contributed by atoms with van der Waals surface area (Å²) in [4.78, 5) is 26.6. The fourth-order valence-electron chi connectivity index (χ4n) is 3.43. The minimum atomic E-state index is -0.227. The van der Waals surface area contributed by atoms with Gasteiger partial charge in [0.25, 0.3) is 0 Å². The highest BCUT2D eigenvalue weighted by atomic mass is 32.2. The third-order valence-corrected chi connectivity index (χ3v) is 5.65. The molecule has 0 aliphatic carbocycles. The van der Waals surface area contributed by atoms with Crippen LogP contribution in [0.15, 0.2) is 59.1 Å². The largest absolute Gasteiger partial charge is 0.360 e. The summed E-state index contributed by atoms with van der Waals surface area (Å²) in [5.41, 5.74) is 4.22. The lowest BCUT2D eigenvalue weighted by Crippen LogP contribution is -2.21. The normalized spacial score (nSPS) is 12.5. The van der Waals surface area contributed by atoms with Crippen LogP contribution in [-0.4, -0.2) is 35.0 Å². The van der Waals surface area contributed by atoms with Crippen molar-refractivity contribution in [3.05, 3.63) is 65.9 Å². The minimum absolute atomic E-state index is 0.148. The first-order valence-electron chi connectivity index (χ1n) is 9.65. The van der Waals surface area contributed by atoms with Crippen molar-refractivity contribution in [1.82, 2.24) is 5.16 Å². The second-order valence-corrected chi connectivity index (χ2v) is 7.95. The molecule has 0 saturated carbocycles. The third-order valence-electron chi connectivity index (χ3n) is 4.72. The molecular formula is C22H22N4O3S. The molecule has 0 spiro atoms. The lowest BCUT2D eigenvalue weighted by Gasteiger charge is -2.23. The number of hydrogen-bond acceptors (Lipinski definition) is 6. The van der Waals surface area contributed by atoms with E-state index in [4.69, 9.17) is 4.52 Å². The maximum atomic E-state index is 12.5. The smallest absolute Gasteiger partial charge is 0.235 e. The molecule has 2 amide bonds. The Morgan fingerprint density at radius 2 is 1.73 bits per heavy atom. The van der Waals surface area contributed by atoms with E-state index in [9.17, 15) is 9.59 Å². The maximum absolute atomic E-state index is 12.5. The summed E-state index contributed by atoms with van der Waals surface area (Å²) in [6.07, 6.45) is 0.981. The highest BCUT2D eigenvalue weighted by Gasteiger charge is 2.22. The Labute approximate surface area is 178 Å². The highest BCUT2D eigenvalue weighted by molar-refractivity contribution is 8.00. The van der Waals surface area contributed by atoms with Crippen LogP contribution in [0.25, 0.3) is 0 Å². The van der Waals surface area contributed by atoms with E-state index in [1.807, 2.05) is 36.4 Å². The van der Waals surface area contributed by atoms with E-state index in [0.717, 1.165) is 24.3 Å². The maximum Gasteiger partial charge on any atom is 0.235 e. The Bertz CT molecular complexity index is 1070. The van der Waals surface area contributed by atoms with Gasteiger partial charge >= 0.3 is 0 Å². The fraction of sp³-hybridized carbons (Fsp3) is 0.227. The Kier molecular flexibility index (Phi) is 6.04. The molecule has 30 heavy (non-hydrogen) atoms. The molecule has 2 heterocycles. The van der Waals surface area contributed by atoms with Crippen LogP contribution in [0.2, 0.25) is 0 Å². The van der Waals surface area contributed by atoms with Crippen molar-refractivity contribution in [2.24, 2.45) is 0 Å². The lowest BCUT2D eigenvalue weighted by atomic mass is 10.2. The number of anilines is 4. The summed E-state index contributed by atoms with van der Waals surface area (Å²) in [6.45, 7) is 2.63. The molecule has 1 aromatic heterocycles. The summed E-state index contributed by atoms with van der Waals surface area (Å²) in [5.74, 6) is 0.954. The zero-order valence-electron chi connectivity index (χ0n) is 16.6. The number of nitrogens with zero attached hydrogens (tertiary/aromatic N) is 2. The number of rotatable bonds is 7. The van der Waals surface area contributed by atoms with Gasteiger partial charge in [-0.25, -0.2) is 0 Å². The van der Waals surface area contributed by atoms with Gasteiger partial charge in [0.05, 0.1) is 22.9 Å². The monoisotopic (exact) mass is 422 g/mol. The number of hydrogen-bond donors (Lipinski definition) is 2. The third kappa shape index (κ3) is 4.65. The van der Waals surface area contributed by atoms with E-state index in [0.29, 0.717) is 11.6 Å². The van der Waals surface area contributed by atoms with Crippen LogP contribution in [-0.2, 0) is 16.0 Å². The number of fused-ring (bicyclic) bond motifs is 1. The van der Waals surface area contributed by atoms with Crippen LogP contribution in [0, 0.1) is 6.92 Å². The van der Waals surface area contributed by atoms with Gasteiger partial charge in [-0.3, -0.25) is 9.59 Å². The first kappa shape index (κ1) is 20.0. The molecule has 2 N–H and O–H groups in total. The van der Waals surface area contributed by atoms with Gasteiger partial charge in [0, 0.05) is 18.3 Å². The van der Waals surface area contributed by atoms with Crippen molar-refractivity contribution in [2.45, 2.75) is 13.3 Å². The average Bonchev–Trinajstić information content (AvgIpc) is 3.34. The molecule has 0 saturated heterocycles. The van der Waals surface area contributed by atoms with Gasteiger partial charge in [-0.2, -0.15) is 0 Å². The number of aryl methyl sites for hydroxylation is 1. The van der Waals surface area contributed by atoms with Crippen LogP contribution in [0.4, 0.5) is 22.9 Å². The van der Waals surface area contributed by atoms with Crippen molar-refractivity contribution in [1.29, 1.82) is 0 Å². The molecule has 0 fully saturated rings. The van der Waals surface area contributed by atoms with Gasteiger partial charge in [0.15, 0.2) is 5.82 Å². The number of thioether (sulfide) groups is 1. The SMILES string of the molecule is Cc1cc(NC(=O)CSCC(=O)Nc2ccccc2N2CCc3ccccc32)no1. The van der Waals surface area contributed by atoms with Crippen LogP contribution in [0.5, 0.6) is 0 Å². The Balaban J connectivity index is 1.33. The van der Waals surface area contributed by atoms with Gasteiger partial charge in [-0.05, 0) is 37.1 Å². The van der Waals surface area contributed by atoms with Gasteiger partial charge in [-0.1, -0.05) is 35.5 Å². The summed E-state index contributed by atoms with van der Waals surface area (Å²) < 4.78 is 4.91. The summed E-state index contributed by atoms with van der Waals surface area (Å²) in [7, 11) is 0. The summed E-state index contributed by atoms with van der Waals surface area (Å²) in [6, 6.07) is 17.7. The highest BCUT2D eigenvalue weighted by Crippen LogP contribution is 2.38. The van der Waals surface area contributed by atoms with E-state index in [1.165, 1.54) is 23.0 Å². The number of benzene rings is 2. The molecule has 0 bridgehead atoms. The van der Waals surface area contributed by atoms with Gasteiger partial charge in [0.2, 0.25) is 11.8 Å². The predicted molar refractivity (Wildman–Crippen MR) is 119 cm³/mol. The van der Waals surface area contributed by atoms with Crippen LogP contribution in [0.1, 0.15) is 11.3 Å². The number of para-hydroxylation sites is 3. The molecule has 3 aromatic rings. The van der Waals surface area contributed by atoms with Crippen LogP contribution >= 0.6 is 11.8 Å². The Morgan fingerprint density at radius 1 is 1.03 bits per heavy atom. The second-order valence-electron chi connectivity index (χ2n) is 6.96.